The van der Waals surface area contributed by atoms with E-state index in [0.29, 0.717) is 5.56 Å². The summed E-state index contributed by atoms with van der Waals surface area (Å²) in [6.45, 7) is 1.58. The fourth-order valence-corrected chi connectivity index (χ4v) is 1.08. The molecule has 0 aliphatic carbocycles. The van der Waals surface area contributed by atoms with Crippen molar-refractivity contribution >= 4 is 11.9 Å². The van der Waals surface area contributed by atoms with Gasteiger partial charge in [-0.05, 0) is 6.07 Å². The molecule has 5 nitrogen and oxygen atoms in total. The molecule has 3 N–H and O–H groups in total. The van der Waals surface area contributed by atoms with Crippen LogP contribution >= 0.6 is 0 Å². The molecule has 0 atom stereocenters. The van der Waals surface area contributed by atoms with Gasteiger partial charge < -0.3 is 27.8 Å². The number of nitrogens with two attached hydrogens (primary N) is 1. The number of amides is 1. The van der Waals surface area contributed by atoms with Gasteiger partial charge in [-0.25, -0.2) is 4.79 Å². The number of halogens is 1. The van der Waals surface area contributed by atoms with Gasteiger partial charge in [-0.3, -0.25) is 4.79 Å². The van der Waals surface area contributed by atoms with Gasteiger partial charge in [0.15, 0.2) is 11.9 Å². The Balaban J connectivity index is 0.00000196. The summed E-state index contributed by atoms with van der Waals surface area (Å²) in [4.78, 5) is 21.3. The third-order valence-corrected chi connectivity index (χ3v) is 1.84. The first kappa shape index (κ1) is 13.6. The molecule has 0 radical (unpaired) electrons. The van der Waals surface area contributed by atoms with Crippen molar-refractivity contribution in [3.63, 3.8) is 0 Å². The van der Waals surface area contributed by atoms with E-state index in [1.165, 1.54) is 10.8 Å². The SMILES string of the molecule is Cc1ccc(C(N)=O)c[n+]1CC(=O)O.[Br-]. The molecule has 0 bridgehead atoms. The second-order valence-electron chi connectivity index (χ2n) is 2.95. The number of carboxylic acid groups (broad SMARTS) is 1. The van der Waals surface area contributed by atoms with Gasteiger partial charge in [0, 0.05) is 13.0 Å². The summed E-state index contributed by atoms with van der Waals surface area (Å²) in [6.07, 6.45) is 1.44. The Bertz CT molecular complexity index is 393. The van der Waals surface area contributed by atoms with Crippen LogP contribution in [0.3, 0.4) is 0 Å². The average Bonchev–Trinajstić information content (AvgIpc) is 2.07. The highest BCUT2D eigenvalue weighted by molar-refractivity contribution is 5.92. The quantitative estimate of drug-likeness (QED) is 0.561. The van der Waals surface area contributed by atoms with E-state index in [1.54, 1.807) is 19.1 Å². The summed E-state index contributed by atoms with van der Waals surface area (Å²) < 4.78 is 1.46. The monoisotopic (exact) mass is 274 g/mol. The molecule has 0 unspecified atom stereocenters. The van der Waals surface area contributed by atoms with Crippen molar-refractivity contribution in [3.8, 4) is 0 Å². The Hall–Kier alpha value is -1.43. The fourth-order valence-electron chi connectivity index (χ4n) is 1.08. The molecule has 0 fully saturated rings. The van der Waals surface area contributed by atoms with Crippen LogP contribution in [0.5, 0.6) is 0 Å². The molecule has 82 valence electrons. The number of rotatable bonds is 3. The smallest absolute Gasteiger partial charge is 0.370 e. The van der Waals surface area contributed by atoms with Crippen molar-refractivity contribution in [2.45, 2.75) is 13.5 Å². The second-order valence-corrected chi connectivity index (χ2v) is 2.95. The van der Waals surface area contributed by atoms with Crippen LogP contribution in [0.2, 0.25) is 0 Å². The molecule has 0 saturated heterocycles. The van der Waals surface area contributed by atoms with Gasteiger partial charge in [0.05, 0.1) is 0 Å². The van der Waals surface area contributed by atoms with Crippen molar-refractivity contribution in [1.29, 1.82) is 0 Å². The van der Waals surface area contributed by atoms with Crippen LogP contribution in [0.25, 0.3) is 0 Å². The van der Waals surface area contributed by atoms with E-state index < -0.39 is 11.9 Å². The van der Waals surface area contributed by atoms with Gasteiger partial charge in [-0.15, -0.1) is 0 Å². The number of nitrogens with zero attached hydrogens (tertiary/aromatic N) is 1. The molecular formula is C9H11BrN2O3. The lowest BCUT2D eigenvalue weighted by Crippen LogP contribution is -3.00. The number of carbonyl (C=O) groups is 2. The number of hydrogen-bond acceptors (Lipinski definition) is 2. The number of pyridine rings is 1. The van der Waals surface area contributed by atoms with E-state index in [9.17, 15) is 9.59 Å². The Morgan fingerprint density at radius 1 is 1.47 bits per heavy atom. The molecule has 1 rings (SSSR count). The van der Waals surface area contributed by atoms with Crippen LogP contribution in [0.15, 0.2) is 18.3 Å². The van der Waals surface area contributed by atoms with E-state index in [0.717, 1.165) is 5.69 Å². The largest absolute Gasteiger partial charge is 1.00 e. The minimum absolute atomic E-state index is 0. The van der Waals surface area contributed by atoms with Crippen LogP contribution in [0, 0.1) is 6.92 Å². The van der Waals surface area contributed by atoms with E-state index in [2.05, 4.69) is 0 Å². The van der Waals surface area contributed by atoms with E-state index in [4.69, 9.17) is 10.8 Å². The summed E-state index contributed by atoms with van der Waals surface area (Å²) in [5.41, 5.74) is 6.13. The van der Waals surface area contributed by atoms with Crippen LogP contribution < -0.4 is 27.3 Å². The molecule has 0 aliphatic heterocycles. The Morgan fingerprint density at radius 3 is 2.53 bits per heavy atom. The number of carbonyl (C=O) groups excluding carboxylic acids is 1. The van der Waals surface area contributed by atoms with Crippen molar-refractivity contribution in [3.05, 3.63) is 29.6 Å². The number of hydrogen-bond donors (Lipinski definition) is 2. The van der Waals surface area contributed by atoms with Crippen molar-refractivity contribution < 1.29 is 36.2 Å². The number of primary amides is 1. The predicted octanol–water partition coefficient (Wildman–Crippen LogP) is -3.53. The molecule has 0 saturated carbocycles. The number of aliphatic carboxylic acids is 1. The number of aryl methyl sites for hydroxylation is 1. The fraction of sp³-hybridized carbons (Fsp3) is 0.222. The van der Waals surface area contributed by atoms with Gasteiger partial charge in [-0.2, -0.15) is 4.57 Å². The highest BCUT2D eigenvalue weighted by Gasteiger charge is 2.13. The van der Waals surface area contributed by atoms with Crippen LogP contribution in [0.4, 0.5) is 0 Å². The second kappa shape index (κ2) is 5.45. The van der Waals surface area contributed by atoms with Gasteiger partial charge in [0.2, 0.25) is 6.54 Å². The number of aromatic nitrogens is 1. The molecule has 1 aromatic heterocycles. The summed E-state index contributed by atoms with van der Waals surface area (Å²) >= 11 is 0. The normalized spacial score (nSPS) is 9.13. The van der Waals surface area contributed by atoms with Gasteiger partial charge in [0.1, 0.15) is 5.56 Å². The standard InChI is InChI=1S/C9H10N2O3.BrH/c1-6-2-3-7(9(10)14)4-11(6)5-8(12)13;/h2-4H,5H2,1H3,(H2-,10,12,13,14);1H. The predicted molar refractivity (Wildman–Crippen MR) is 47.5 cm³/mol. The average molecular weight is 275 g/mol. The lowest BCUT2D eigenvalue weighted by Gasteiger charge is -1.98. The maximum Gasteiger partial charge on any atom is 0.370 e. The minimum atomic E-state index is -0.959. The maximum absolute atomic E-state index is 10.8. The Labute approximate surface area is 97.3 Å². The highest BCUT2D eigenvalue weighted by Crippen LogP contribution is 1.96. The van der Waals surface area contributed by atoms with E-state index in [1.807, 2.05) is 0 Å². The Kier molecular flexibility index (Phi) is 4.93. The zero-order valence-electron chi connectivity index (χ0n) is 8.11. The molecule has 1 aromatic rings. The first-order valence-corrected chi connectivity index (χ1v) is 4.02. The molecule has 1 amide bonds. The molecule has 6 heteroatoms. The van der Waals surface area contributed by atoms with Crippen molar-refractivity contribution in [2.24, 2.45) is 5.73 Å². The summed E-state index contributed by atoms with van der Waals surface area (Å²) in [6, 6.07) is 3.22. The summed E-state index contributed by atoms with van der Waals surface area (Å²) in [5.74, 6) is -1.52. The van der Waals surface area contributed by atoms with Gasteiger partial charge >= 0.3 is 5.97 Å². The number of carboxylic acids is 1. The molecule has 15 heavy (non-hydrogen) atoms. The molecule has 1 heterocycles. The van der Waals surface area contributed by atoms with Gasteiger partial charge in [-0.1, -0.05) is 0 Å². The van der Waals surface area contributed by atoms with Crippen LogP contribution in [-0.2, 0) is 11.3 Å². The topological polar surface area (TPSA) is 84.3 Å². The van der Waals surface area contributed by atoms with Crippen molar-refractivity contribution in [1.82, 2.24) is 0 Å². The molecule has 0 aromatic carbocycles. The lowest BCUT2D eigenvalue weighted by molar-refractivity contribution is -0.691. The van der Waals surface area contributed by atoms with Crippen LogP contribution in [-0.4, -0.2) is 17.0 Å². The zero-order valence-corrected chi connectivity index (χ0v) is 9.69. The summed E-state index contributed by atoms with van der Waals surface area (Å²) in [7, 11) is 0. The van der Waals surface area contributed by atoms with E-state index in [-0.39, 0.29) is 23.5 Å². The first-order chi connectivity index (χ1) is 6.50. The Morgan fingerprint density at radius 2 is 2.07 bits per heavy atom. The first-order valence-electron chi connectivity index (χ1n) is 4.02. The van der Waals surface area contributed by atoms with E-state index >= 15 is 0 Å². The summed E-state index contributed by atoms with van der Waals surface area (Å²) in [5, 5.41) is 8.58. The molecule has 0 aliphatic rings. The third-order valence-electron chi connectivity index (χ3n) is 1.84. The minimum Gasteiger partial charge on any atom is -1.00 e. The van der Waals surface area contributed by atoms with Crippen molar-refractivity contribution in [2.75, 3.05) is 0 Å². The maximum atomic E-state index is 10.8. The van der Waals surface area contributed by atoms with Crippen LogP contribution in [0.1, 0.15) is 16.1 Å². The lowest BCUT2D eigenvalue weighted by atomic mass is 10.2. The van der Waals surface area contributed by atoms with Gasteiger partial charge in [0.25, 0.3) is 5.91 Å². The zero-order chi connectivity index (χ0) is 10.7. The molecular weight excluding hydrogens is 264 g/mol. The third kappa shape index (κ3) is 3.67. The highest BCUT2D eigenvalue weighted by atomic mass is 79.9. The molecule has 0 spiro atoms.